The molecule has 0 fully saturated rings. The molecule has 0 radical (unpaired) electrons. The molecule has 4 heteroatoms. The van der Waals surface area contributed by atoms with Crippen LogP contribution in [0.15, 0.2) is 10.5 Å². The lowest BCUT2D eigenvalue weighted by atomic mass is 10.0. The van der Waals surface area contributed by atoms with Gasteiger partial charge in [-0.15, -0.1) is 0 Å². The average Bonchev–Trinajstić information content (AvgIpc) is 2.18. The van der Waals surface area contributed by atoms with E-state index in [0.717, 1.165) is 15.6 Å². The first-order valence-corrected chi connectivity index (χ1v) is 5.57. The van der Waals surface area contributed by atoms with Crippen molar-refractivity contribution in [1.82, 2.24) is 0 Å². The Labute approximate surface area is 98.4 Å². The first kappa shape index (κ1) is 12.3. The number of methoxy groups -OCH3 is 1. The lowest BCUT2D eigenvalue weighted by Gasteiger charge is -2.15. The van der Waals surface area contributed by atoms with Crippen molar-refractivity contribution >= 4 is 15.9 Å². The number of aromatic hydroxyl groups is 1. The SMILES string of the molecule is COc1cc(Br)c(C)c(CC(C)N)c1O. The summed E-state index contributed by atoms with van der Waals surface area (Å²) in [7, 11) is 1.53. The fourth-order valence-electron chi connectivity index (χ4n) is 1.49. The van der Waals surface area contributed by atoms with Gasteiger partial charge in [-0.3, -0.25) is 0 Å². The molecule has 3 nitrogen and oxygen atoms in total. The Kier molecular flexibility index (Phi) is 3.99. The number of ether oxygens (including phenoxy) is 1. The molecule has 0 aliphatic carbocycles. The molecule has 0 aliphatic rings. The lowest BCUT2D eigenvalue weighted by molar-refractivity contribution is 0.369. The number of nitrogens with two attached hydrogens (primary N) is 1. The largest absolute Gasteiger partial charge is 0.504 e. The number of phenolic OH excluding ortho intramolecular Hbond substituents is 1. The molecule has 1 aromatic carbocycles. The Balaban J connectivity index is 3.27. The zero-order valence-corrected chi connectivity index (χ0v) is 10.8. The number of benzene rings is 1. The van der Waals surface area contributed by atoms with E-state index in [2.05, 4.69) is 15.9 Å². The first-order chi connectivity index (χ1) is 6.97. The summed E-state index contributed by atoms with van der Waals surface area (Å²) >= 11 is 3.43. The minimum atomic E-state index is 0.00797. The second-order valence-electron chi connectivity index (χ2n) is 3.69. The molecular formula is C11H16BrNO2. The zero-order valence-electron chi connectivity index (χ0n) is 9.17. The molecule has 0 saturated heterocycles. The van der Waals surface area contributed by atoms with E-state index in [1.807, 2.05) is 13.8 Å². The Morgan fingerprint density at radius 2 is 2.20 bits per heavy atom. The standard InChI is InChI=1S/C11H16BrNO2/c1-6(13)4-8-7(2)9(12)5-10(15-3)11(8)14/h5-6,14H,4,13H2,1-3H3. The van der Waals surface area contributed by atoms with E-state index in [9.17, 15) is 5.11 Å². The summed E-state index contributed by atoms with van der Waals surface area (Å²) in [5.74, 6) is 0.665. The van der Waals surface area contributed by atoms with E-state index in [0.29, 0.717) is 12.2 Å². The molecular weight excluding hydrogens is 258 g/mol. The van der Waals surface area contributed by atoms with Gasteiger partial charge in [-0.1, -0.05) is 15.9 Å². The van der Waals surface area contributed by atoms with Crippen LogP contribution < -0.4 is 10.5 Å². The molecule has 1 atom stereocenters. The van der Waals surface area contributed by atoms with Crippen LogP contribution in [0.4, 0.5) is 0 Å². The quantitative estimate of drug-likeness (QED) is 0.889. The van der Waals surface area contributed by atoms with Gasteiger partial charge in [-0.05, 0) is 31.9 Å². The van der Waals surface area contributed by atoms with Gasteiger partial charge in [-0.2, -0.15) is 0 Å². The van der Waals surface area contributed by atoms with E-state index >= 15 is 0 Å². The van der Waals surface area contributed by atoms with Crippen LogP contribution in [-0.4, -0.2) is 18.3 Å². The second-order valence-corrected chi connectivity index (χ2v) is 4.55. The van der Waals surface area contributed by atoms with E-state index in [1.165, 1.54) is 7.11 Å². The van der Waals surface area contributed by atoms with Crippen LogP contribution in [0, 0.1) is 6.92 Å². The summed E-state index contributed by atoms with van der Waals surface area (Å²) in [5, 5.41) is 9.94. The molecule has 0 bridgehead atoms. The minimum Gasteiger partial charge on any atom is -0.504 e. The molecule has 0 aliphatic heterocycles. The van der Waals surface area contributed by atoms with Gasteiger partial charge in [0.2, 0.25) is 0 Å². The average molecular weight is 274 g/mol. The normalized spacial score (nSPS) is 12.6. The van der Waals surface area contributed by atoms with Crippen LogP contribution in [0.3, 0.4) is 0 Å². The van der Waals surface area contributed by atoms with Crippen LogP contribution >= 0.6 is 15.9 Å². The molecule has 0 amide bonds. The third-order valence-corrected chi connectivity index (χ3v) is 3.16. The van der Waals surface area contributed by atoms with Gasteiger partial charge in [0, 0.05) is 16.1 Å². The van der Waals surface area contributed by atoms with Crippen molar-refractivity contribution in [2.75, 3.05) is 7.11 Å². The summed E-state index contributed by atoms with van der Waals surface area (Å²) in [5.41, 5.74) is 7.59. The van der Waals surface area contributed by atoms with Crippen molar-refractivity contribution in [3.63, 3.8) is 0 Å². The predicted octanol–water partition coefficient (Wildman–Crippen LogP) is 2.36. The maximum Gasteiger partial charge on any atom is 0.161 e. The van der Waals surface area contributed by atoms with Crippen LogP contribution in [0.25, 0.3) is 0 Å². The van der Waals surface area contributed by atoms with Gasteiger partial charge in [0.1, 0.15) is 0 Å². The van der Waals surface area contributed by atoms with Crippen molar-refractivity contribution in [3.8, 4) is 11.5 Å². The second kappa shape index (κ2) is 4.86. The van der Waals surface area contributed by atoms with Crippen molar-refractivity contribution in [3.05, 3.63) is 21.7 Å². The number of hydrogen-bond donors (Lipinski definition) is 2. The van der Waals surface area contributed by atoms with Crippen molar-refractivity contribution in [2.45, 2.75) is 26.3 Å². The fraction of sp³-hybridized carbons (Fsp3) is 0.455. The highest BCUT2D eigenvalue weighted by atomic mass is 79.9. The van der Waals surface area contributed by atoms with Gasteiger partial charge in [0.05, 0.1) is 7.11 Å². The molecule has 15 heavy (non-hydrogen) atoms. The van der Waals surface area contributed by atoms with Gasteiger partial charge >= 0.3 is 0 Å². The first-order valence-electron chi connectivity index (χ1n) is 4.77. The third-order valence-electron chi connectivity index (χ3n) is 2.33. The van der Waals surface area contributed by atoms with Crippen molar-refractivity contribution < 1.29 is 9.84 Å². The van der Waals surface area contributed by atoms with Crippen LogP contribution in [0.5, 0.6) is 11.5 Å². The maximum atomic E-state index is 9.94. The molecule has 0 saturated carbocycles. The van der Waals surface area contributed by atoms with Crippen molar-refractivity contribution in [2.24, 2.45) is 5.73 Å². The van der Waals surface area contributed by atoms with E-state index < -0.39 is 0 Å². The molecule has 0 heterocycles. The highest BCUT2D eigenvalue weighted by molar-refractivity contribution is 9.10. The molecule has 0 spiro atoms. The molecule has 1 rings (SSSR count). The van der Waals surface area contributed by atoms with Crippen LogP contribution in [0.1, 0.15) is 18.1 Å². The zero-order chi connectivity index (χ0) is 11.6. The van der Waals surface area contributed by atoms with Gasteiger partial charge in [-0.25, -0.2) is 0 Å². The Hall–Kier alpha value is -0.740. The Bertz CT molecular complexity index is 364. The molecule has 1 aromatic rings. The fourth-order valence-corrected chi connectivity index (χ4v) is 1.94. The monoisotopic (exact) mass is 273 g/mol. The molecule has 3 N–H and O–H groups in total. The Morgan fingerprint density at radius 3 is 2.67 bits per heavy atom. The highest BCUT2D eigenvalue weighted by Crippen LogP contribution is 2.37. The summed E-state index contributed by atoms with van der Waals surface area (Å²) in [6.45, 7) is 3.85. The van der Waals surface area contributed by atoms with Crippen LogP contribution in [-0.2, 0) is 6.42 Å². The van der Waals surface area contributed by atoms with Gasteiger partial charge in [0.25, 0.3) is 0 Å². The predicted molar refractivity (Wildman–Crippen MR) is 64.4 cm³/mol. The topological polar surface area (TPSA) is 55.5 Å². The van der Waals surface area contributed by atoms with Crippen LogP contribution in [0.2, 0.25) is 0 Å². The number of halogens is 1. The van der Waals surface area contributed by atoms with E-state index in [1.54, 1.807) is 6.07 Å². The highest BCUT2D eigenvalue weighted by Gasteiger charge is 2.15. The summed E-state index contributed by atoms with van der Waals surface area (Å²) in [4.78, 5) is 0. The van der Waals surface area contributed by atoms with Gasteiger partial charge in [0.15, 0.2) is 11.5 Å². The van der Waals surface area contributed by atoms with Crippen molar-refractivity contribution in [1.29, 1.82) is 0 Å². The van der Waals surface area contributed by atoms with Gasteiger partial charge < -0.3 is 15.6 Å². The summed E-state index contributed by atoms with van der Waals surface area (Å²) < 4.78 is 6.01. The molecule has 0 aromatic heterocycles. The minimum absolute atomic E-state index is 0.00797. The van der Waals surface area contributed by atoms with E-state index in [4.69, 9.17) is 10.5 Å². The molecule has 84 valence electrons. The number of phenols is 1. The number of hydrogen-bond acceptors (Lipinski definition) is 3. The van der Waals surface area contributed by atoms with E-state index in [-0.39, 0.29) is 11.8 Å². The Morgan fingerprint density at radius 1 is 1.60 bits per heavy atom. The smallest absolute Gasteiger partial charge is 0.161 e. The molecule has 1 unspecified atom stereocenters. The lowest BCUT2D eigenvalue weighted by Crippen LogP contribution is -2.18. The summed E-state index contributed by atoms with van der Waals surface area (Å²) in [6, 6.07) is 1.77. The third kappa shape index (κ3) is 2.63. The maximum absolute atomic E-state index is 9.94. The summed E-state index contributed by atoms with van der Waals surface area (Å²) in [6.07, 6.45) is 0.632. The number of rotatable bonds is 3.